The minimum Gasteiger partial charge on any atom is -0.330 e. The van der Waals surface area contributed by atoms with Gasteiger partial charge in [0.25, 0.3) is 0 Å². The zero-order valence-corrected chi connectivity index (χ0v) is 4.85. The van der Waals surface area contributed by atoms with Crippen molar-refractivity contribution in [2.45, 2.75) is 25.8 Å². The Kier molecular flexibility index (Phi) is 4.04. The quantitative estimate of drug-likeness (QED) is 0.541. The van der Waals surface area contributed by atoms with Crippen LogP contribution in [0.4, 0.5) is 0 Å². The van der Waals surface area contributed by atoms with Crippen molar-refractivity contribution in [3.8, 4) is 0 Å². The molecule has 0 saturated carbocycles. The molecule has 2 nitrogen and oxygen atoms in total. The average molecular weight is 104 g/mol. The third-order valence-corrected chi connectivity index (χ3v) is 0.864. The van der Waals surface area contributed by atoms with Gasteiger partial charge in [-0.25, -0.2) is 0 Å². The molecule has 0 aliphatic heterocycles. The molecule has 1 unspecified atom stereocenters. The summed E-state index contributed by atoms with van der Waals surface area (Å²) in [4.78, 5) is 0. The summed E-state index contributed by atoms with van der Waals surface area (Å²) in [6, 6.07) is 0.323. The highest BCUT2D eigenvalue weighted by atomic mass is 14.6. The maximum absolute atomic E-state index is 5.42. The fraction of sp³-hybridized carbons (Fsp3) is 1.00. The SMILES string of the molecule is CC(N)CCCN.[HH]. The van der Waals surface area contributed by atoms with Crippen LogP contribution in [0.15, 0.2) is 0 Å². The van der Waals surface area contributed by atoms with Crippen LogP contribution in [0.2, 0.25) is 0 Å². The zero-order valence-electron chi connectivity index (χ0n) is 4.85. The summed E-state index contributed by atoms with van der Waals surface area (Å²) in [5.74, 6) is 0. The predicted molar refractivity (Wildman–Crippen MR) is 34.1 cm³/mol. The first-order chi connectivity index (χ1) is 3.27. The lowest BCUT2D eigenvalue weighted by Crippen LogP contribution is -2.16. The van der Waals surface area contributed by atoms with E-state index in [1.54, 1.807) is 0 Å². The van der Waals surface area contributed by atoms with E-state index < -0.39 is 0 Å². The second-order valence-electron chi connectivity index (χ2n) is 1.91. The monoisotopic (exact) mass is 104 g/mol. The summed E-state index contributed by atoms with van der Waals surface area (Å²) >= 11 is 0. The number of nitrogens with two attached hydrogens (primary N) is 2. The predicted octanol–water partition coefficient (Wildman–Crippen LogP) is 0.319. The summed E-state index contributed by atoms with van der Waals surface area (Å²) < 4.78 is 0. The smallest absolute Gasteiger partial charge is 0.00109 e. The molecule has 0 aliphatic rings. The van der Waals surface area contributed by atoms with Crippen LogP contribution in [0.3, 0.4) is 0 Å². The fourth-order valence-electron chi connectivity index (χ4n) is 0.440. The third-order valence-electron chi connectivity index (χ3n) is 0.864. The molecule has 0 aromatic carbocycles. The summed E-state index contributed by atoms with van der Waals surface area (Å²) in [7, 11) is 0. The Balaban J connectivity index is 0. The lowest BCUT2D eigenvalue weighted by molar-refractivity contribution is 0.631. The molecule has 7 heavy (non-hydrogen) atoms. The molecule has 0 rings (SSSR count). The van der Waals surface area contributed by atoms with E-state index in [0.29, 0.717) is 6.04 Å². The zero-order chi connectivity index (χ0) is 5.70. The van der Waals surface area contributed by atoms with Crippen molar-refractivity contribution in [3.05, 3.63) is 0 Å². The molecule has 0 saturated heterocycles. The van der Waals surface area contributed by atoms with Crippen LogP contribution in [0.5, 0.6) is 0 Å². The van der Waals surface area contributed by atoms with Crippen molar-refractivity contribution >= 4 is 0 Å². The second kappa shape index (κ2) is 4.09. The van der Waals surface area contributed by atoms with Crippen molar-refractivity contribution in [2.24, 2.45) is 11.5 Å². The first-order valence-electron chi connectivity index (χ1n) is 2.73. The van der Waals surface area contributed by atoms with E-state index in [4.69, 9.17) is 11.5 Å². The molecule has 46 valence electrons. The van der Waals surface area contributed by atoms with E-state index in [2.05, 4.69) is 0 Å². The Bertz CT molecular complexity index is 39.4. The standard InChI is InChI=1S/C5H14N2.H2/c1-5(7)3-2-4-6;/h5H,2-4,6-7H2,1H3;1H. The van der Waals surface area contributed by atoms with Crippen molar-refractivity contribution in [1.29, 1.82) is 0 Å². The van der Waals surface area contributed by atoms with Gasteiger partial charge in [-0.1, -0.05) is 0 Å². The first kappa shape index (κ1) is 6.92. The molecule has 0 spiro atoms. The van der Waals surface area contributed by atoms with E-state index in [-0.39, 0.29) is 1.43 Å². The molecular formula is C5H16N2. The Labute approximate surface area is 46.4 Å². The van der Waals surface area contributed by atoms with Crippen LogP contribution in [-0.4, -0.2) is 12.6 Å². The first-order valence-corrected chi connectivity index (χ1v) is 2.73. The number of hydrogen-bond acceptors (Lipinski definition) is 2. The van der Waals surface area contributed by atoms with Gasteiger partial charge in [-0.15, -0.1) is 0 Å². The van der Waals surface area contributed by atoms with E-state index >= 15 is 0 Å². The van der Waals surface area contributed by atoms with Gasteiger partial charge < -0.3 is 11.5 Å². The van der Waals surface area contributed by atoms with Gasteiger partial charge in [-0.3, -0.25) is 0 Å². The molecule has 4 N–H and O–H groups in total. The van der Waals surface area contributed by atoms with Gasteiger partial charge >= 0.3 is 0 Å². The van der Waals surface area contributed by atoms with Crippen molar-refractivity contribution in [1.82, 2.24) is 0 Å². The minimum atomic E-state index is 0. The molecule has 0 radical (unpaired) electrons. The van der Waals surface area contributed by atoms with E-state index in [1.807, 2.05) is 6.92 Å². The van der Waals surface area contributed by atoms with Crippen LogP contribution in [0, 0.1) is 0 Å². The van der Waals surface area contributed by atoms with Crippen LogP contribution >= 0.6 is 0 Å². The van der Waals surface area contributed by atoms with E-state index in [1.165, 1.54) is 0 Å². The topological polar surface area (TPSA) is 52.0 Å². The van der Waals surface area contributed by atoms with E-state index in [0.717, 1.165) is 19.4 Å². The third kappa shape index (κ3) is 5.92. The highest BCUT2D eigenvalue weighted by molar-refractivity contribution is 4.51. The summed E-state index contributed by atoms with van der Waals surface area (Å²) in [6.07, 6.45) is 2.11. The number of hydrogen-bond donors (Lipinski definition) is 2. The summed E-state index contributed by atoms with van der Waals surface area (Å²) in [5.41, 5.74) is 10.6. The molecule has 0 aliphatic carbocycles. The van der Waals surface area contributed by atoms with Gasteiger partial charge in [0.1, 0.15) is 0 Å². The van der Waals surface area contributed by atoms with Crippen LogP contribution in [0.1, 0.15) is 21.2 Å². The Morgan fingerprint density at radius 2 is 2.29 bits per heavy atom. The molecule has 0 aromatic rings. The normalized spacial score (nSPS) is 14.1. The summed E-state index contributed by atoms with van der Waals surface area (Å²) in [5, 5.41) is 0. The fourth-order valence-corrected chi connectivity index (χ4v) is 0.440. The van der Waals surface area contributed by atoms with Gasteiger partial charge in [0.2, 0.25) is 0 Å². The maximum atomic E-state index is 5.42. The van der Waals surface area contributed by atoms with Gasteiger partial charge in [0, 0.05) is 7.47 Å². The molecule has 0 amide bonds. The van der Waals surface area contributed by atoms with Crippen molar-refractivity contribution in [2.75, 3.05) is 6.54 Å². The molecule has 0 fully saturated rings. The van der Waals surface area contributed by atoms with Gasteiger partial charge in [0.05, 0.1) is 0 Å². The van der Waals surface area contributed by atoms with E-state index in [9.17, 15) is 0 Å². The Morgan fingerprint density at radius 3 is 2.43 bits per heavy atom. The minimum absolute atomic E-state index is 0. The molecule has 2 heteroatoms. The van der Waals surface area contributed by atoms with Crippen molar-refractivity contribution in [3.63, 3.8) is 0 Å². The maximum Gasteiger partial charge on any atom is 0.00109 e. The van der Waals surface area contributed by atoms with Crippen LogP contribution < -0.4 is 11.5 Å². The summed E-state index contributed by atoms with van der Waals surface area (Å²) in [6.45, 7) is 2.76. The number of rotatable bonds is 3. The van der Waals surface area contributed by atoms with Gasteiger partial charge in [-0.2, -0.15) is 0 Å². The lowest BCUT2D eigenvalue weighted by atomic mass is 10.2. The second-order valence-corrected chi connectivity index (χ2v) is 1.91. The van der Waals surface area contributed by atoms with Crippen LogP contribution in [0.25, 0.3) is 0 Å². The lowest BCUT2D eigenvalue weighted by Gasteiger charge is -1.99. The highest BCUT2D eigenvalue weighted by Gasteiger charge is 1.88. The van der Waals surface area contributed by atoms with Gasteiger partial charge in [-0.05, 0) is 26.3 Å². The van der Waals surface area contributed by atoms with Crippen LogP contribution in [-0.2, 0) is 0 Å². The molecule has 0 bridgehead atoms. The average Bonchev–Trinajstić information content (AvgIpc) is 1.61. The molecule has 1 atom stereocenters. The molecular weight excluding hydrogens is 88.1 g/mol. The largest absolute Gasteiger partial charge is 0.330 e. The van der Waals surface area contributed by atoms with Crippen molar-refractivity contribution < 1.29 is 1.43 Å². The van der Waals surface area contributed by atoms with Gasteiger partial charge in [0.15, 0.2) is 0 Å². The molecule has 0 aromatic heterocycles. The molecule has 0 heterocycles. The Hall–Kier alpha value is -0.0800. The highest BCUT2D eigenvalue weighted by Crippen LogP contribution is 1.88. The Morgan fingerprint density at radius 1 is 1.71 bits per heavy atom.